The molecule has 4 rings (SSSR count). The highest BCUT2D eigenvalue weighted by molar-refractivity contribution is 6.31. The van der Waals surface area contributed by atoms with E-state index in [1.165, 1.54) is 10.6 Å². The predicted molar refractivity (Wildman–Crippen MR) is 134 cm³/mol. The Morgan fingerprint density at radius 2 is 1.83 bits per heavy atom. The van der Waals surface area contributed by atoms with E-state index in [4.69, 9.17) is 16.3 Å². The molecule has 36 heavy (non-hydrogen) atoms. The van der Waals surface area contributed by atoms with Crippen molar-refractivity contribution in [2.45, 2.75) is 46.8 Å². The molecule has 0 saturated heterocycles. The number of aliphatic hydroxyl groups is 1. The summed E-state index contributed by atoms with van der Waals surface area (Å²) in [6.45, 7) is 8.32. The van der Waals surface area contributed by atoms with Crippen LogP contribution in [0.1, 0.15) is 42.2 Å². The molecule has 0 aromatic carbocycles. The molecule has 4 aromatic rings. The summed E-state index contributed by atoms with van der Waals surface area (Å²) in [6.07, 6.45) is 4.72. The second-order valence-corrected chi connectivity index (χ2v) is 9.39. The van der Waals surface area contributed by atoms with Crippen LogP contribution >= 0.6 is 11.6 Å². The standard InChI is InChI=1S/C26H25ClFN5O3/c1-14-8-17(28)20(30-11-14)13-36-22-9-16(3)33(24(34)23(22)27)21-10-19(31-12-15(21)2)18-6-7-29-25(32-18)26(4,5)35/h6-12,35H,13H2,1-5H3. The Morgan fingerprint density at radius 1 is 1.08 bits per heavy atom. The molecule has 0 unspecified atom stereocenters. The van der Waals surface area contributed by atoms with E-state index in [1.807, 2.05) is 6.92 Å². The van der Waals surface area contributed by atoms with Gasteiger partial charge >= 0.3 is 0 Å². The number of nitrogens with zero attached hydrogens (tertiary/aromatic N) is 5. The zero-order chi connectivity index (χ0) is 26.2. The minimum Gasteiger partial charge on any atom is -0.485 e. The normalized spacial score (nSPS) is 11.6. The Balaban J connectivity index is 1.72. The summed E-state index contributed by atoms with van der Waals surface area (Å²) in [5.74, 6) is -0.107. The molecule has 0 aliphatic rings. The van der Waals surface area contributed by atoms with E-state index < -0.39 is 17.0 Å². The van der Waals surface area contributed by atoms with Crippen LogP contribution in [0.4, 0.5) is 4.39 Å². The van der Waals surface area contributed by atoms with E-state index in [0.29, 0.717) is 28.3 Å². The van der Waals surface area contributed by atoms with E-state index in [-0.39, 0.29) is 28.9 Å². The molecular formula is C26H25ClFN5O3. The van der Waals surface area contributed by atoms with E-state index >= 15 is 0 Å². The minimum atomic E-state index is -1.22. The van der Waals surface area contributed by atoms with E-state index in [1.54, 1.807) is 64.5 Å². The van der Waals surface area contributed by atoms with Crippen molar-refractivity contribution in [1.82, 2.24) is 24.5 Å². The number of pyridine rings is 3. The van der Waals surface area contributed by atoms with Crippen LogP contribution < -0.4 is 10.3 Å². The fraction of sp³-hybridized carbons (Fsp3) is 0.269. The third kappa shape index (κ3) is 5.12. The highest BCUT2D eigenvalue weighted by atomic mass is 35.5. The summed E-state index contributed by atoms with van der Waals surface area (Å²) in [5, 5.41) is 10.1. The second kappa shape index (κ2) is 9.75. The van der Waals surface area contributed by atoms with Gasteiger partial charge in [-0.1, -0.05) is 11.6 Å². The monoisotopic (exact) mass is 509 g/mol. The van der Waals surface area contributed by atoms with Gasteiger partial charge in [-0.05, 0) is 63.9 Å². The molecule has 0 bridgehead atoms. The SMILES string of the molecule is Cc1cnc(COc2cc(C)n(-c3cc(-c4ccnc(C(C)(C)O)n4)ncc3C)c(=O)c2Cl)c(F)c1. The van der Waals surface area contributed by atoms with Crippen molar-refractivity contribution >= 4 is 11.6 Å². The largest absolute Gasteiger partial charge is 0.485 e. The number of aryl methyl sites for hydroxylation is 3. The van der Waals surface area contributed by atoms with Gasteiger partial charge < -0.3 is 9.84 Å². The first-order chi connectivity index (χ1) is 17.0. The Morgan fingerprint density at radius 3 is 2.53 bits per heavy atom. The minimum absolute atomic E-state index is 0.114. The van der Waals surface area contributed by atoms with Crippen LogP contribution in [0.15, 0.2) is 47.7 Å². The van der Waals surface area contributed by atoms with E-state index in [2.05, 4.69) is 19.9 Å². The molecule has 1 N–H and O–H groups in total. The summed E-state index contributed by atoms with van der Waals surface area (Å²) in [7, 11) is 0. The molecular weight excluding hydrogens is 485 g/mol. The molecule has 0 amide bonds. The van der Waals surface area contributed by atoms with Gasteiger partial charge in [0.1, 0.15) is 34.5 Å². The van der Waals surface area contributed by atoms with Crippen LogP contribution in [-0.4, -0.2) is 29.6 Å². The van der Waals surface area contributed by atoms with Crippen LogP contribution in [0, 0.1) is 26.6 Å². The topological polar surface area (TPSA) is 103 Å². The van der Waals surface area contributed by atoms with Crippen molar-refractivity contribution < 1.29 is 14.2 Å². The number of ether oxygens (including phenoxy) is 1. The van der Waals surface area contributed by atoms with Crippen molar-refractivity contribution in [2.24, 2.45) is 0 Å². The van der Waals surface area contributed by atoms with E-state index in [0.717, 1.165) is 5.56 Å². The Kier molecular flexibility index (Phi) is 6.88. The average Bonchev–Trinajstić information content (AvgIpc) is 2.82. The molecule has 10 heteroatoms. The summed E-state index contributed by atoms with van der Waals surface area (Å²) in [5.41, 5.74) is 1.92. The lowest BCUT2D eigenvalue weighted by molar-refractivity contribution is 0.0688. The molecule has 0 fully saturated rings. The van der Waals surface area contributed by atoms with Gasteiger partial charge in [-0.3, -0.25) is 19.3 Å². The van der Waals surface area contributed by atoms with Crippen LogP contribution in [0.25, 0.3) is 17.1 Å². The summed E-state index contributed by atoms with van der Waals surface area (Å²) < 4.78 is 21.3. The maximum absolute atomic E-state index is 14.1. The molecule has 0 atom stereocenters. The van der Waals surface area contributed by atoms with Crippen molar-refractivity contribution in [2.75, 3.05) is 0 Å². The molecule has 0 aliphatic carbocycles. The van der Waals surface area contributed by atoms with Gasteiger partial charge in [-0.2, -0.15) is 0 Å². The van der Waals surface area contributed by atoms with Crippen LogP contribution in [0.2, 0.25) is 5.02 Å². The van der Waals surface area contributed by atoms with Crippen molar-refractivity contribution in [3.05, 3.63) is 92.4 Å². The van der Waals surface area contributed by atoms with Crippen LogP contribution in [0.5, 0.6) is 5.75 Å². The first-order valence-electron chi connectivity index (χ1n) is 11.1. The quantitative estimate of drug-likeness (QED) is 0.405. The number of hydrogen-bond acceptors (Lipinski definition) is 7. The molecule has 8 nitrogen and oxygen atoms in total. The van der Waals surface area contributed by atoms with Gasteiger partial charge in [0, 0.05) is 30.4 Å². The molecule has 186 valence electrons. The molecule has 0 spiro atoms. The van der Waals surface area contributed by atoms with Gasteiger partial charge in [0.25, 0.3) is 5.56 Å². The van der Waals surface area contributed by atoms with Gasteiger partial charge in [0.2, 0.25) is 0 Å². The second-order valence-electron chi connectivity index (χ2n) is 9.01. The Labute approximate surface area is 212 Å². The lowest BCUT2D eigenvalue weighted by Gasteiger charge is -2.17. The zero-order valence-corrected chi connectivity index (χ0v) is 21.3. The first-order valence-corrected chi connectivity index (χ1v) is 11.5. The molecule has 0 radical (unpaired) electrons. The third-order valence-corrected chi connectivity index (χ3v) is 5.85. The first kappa shape index (κ1) is 25.4. The zero-order valence-electron chi connectivity index (χ0n) is 20.5. The molecule has 0 aliphatic heterocycles. The number of aromatic nitrogens is 5. The fourth-order valence-electron chi connectivity index (χ4n) is 3.59. The maximum atomic E-state index is 14.1. The molecule has 4 aromatic heterocycles. The van der Waals surface area contributed by atoms with Gasteiger partial charge in [-0.25, -0.2) is 14.4 Å². The third-order valence-electron chi connectivity index (χ3n) is 5.50. The molecule has 0 saturated carbocycles. The maximum Gasteiger partial charge on any atom is 0.277 e. The van der Waals surface area contributed by atoms with Gasteiger partial charge in [0.05, 0.1) is 17.1 Å². The van der Waals surface area contributed by atoms with Gasteiger partial charge in [-0.15, -0.1) is 0 Å². The fourth-order valence-corrected chi connectivity index (χ4v) is 3.78. The number of hydrogen-bond donors (Lipinski definition) is 1. The number of rotatable bonds is 6. The van der Waals surface area contributed by atoms with Crippen molar-refractivity contribution in [3.63, 3.8) is 0 Å². The van der Waals surface area contributed by atoms with Crippen LogP contribution in [0.3, 0.4) is 0 Å². The summed E-state index contributed by atoms with van der Waals surface area (Å²) in [4.78, 5) is 30.3. The lowest BCUT2D eigenvalue weighted by Crippen LogP contribution is -2.23. The highest BCUT2D eigenvalue weighted by Gasteiger charge is 2.21. The molecule has 4 heterocycles. The smallest absolute Gasteiger partial charge is 0.277 e. The Hall–Kier alpha value is -3.69. The number of halogens is 2. The highest BCUT2D eigenvalue weighted by Crippen LogP contribution is 2.27. The van der Waals surface area contributed by atoms with E-state index in [9.17, 15) is 14.3 Å². The lowest BCUT2D eigenvalue weighted by atomic mass is 10.1. The van der Waals surface area contributed by atoms with Gasteiger partial charge in [0.15, 0.2) is 5.82 Å². The Bertz CT molecular complexity index is 1510. The van der Waals surface area contributed by atoms with Crippen molar-refractivity contribution in [3.8, 4) is 22.8 Å². The summed E-state index contributed by atoms with van der Waals surface area (Å²) in [6, 6.07) is 6.38. The predicted octanol–water partition coefficient (Wildman–Crippen LogP) is 4.61. The van der Waals surface area contributed by atoms with Crippen LogP contribution in [-0.2, 0) is 12.2 Å². The van der Waals surface area contributed by atoms with Crippen molar-refractivity contribution in [1.29, 1.82) is 0 Å². The average molecular weight is 510 g/mol. The summed E-state index contributed by atoms with van der Waals surface area (Å²) >= 11 is 6.40.